The van der Waals surface area contributed by atoms with Gasteiger partial charge in [0.1, 0.15) is 17.3 Å². The van der Waals surface area contributed by atoms with E-state index < -0.39 is 0 Å². The van der Waals surface area contributed by atoms with Gasteiger partial charge in [-0.25, -0.2) is 8.78 Å². The van der Waals surface area contributed by atoms with E-state index in [1.54, 1.807) is 24.3 Å². The van der Waals surface area contributed by atoms with E-state index in [4.69, 9.17) is 9.47 Å². The molecule has 0 saturated heterocycles. The number of anilines is 6. The van der Waals surface area contributed by atoms with Gasteiger partial charge in [0.2, 0.25) is 0 Å². The highest BCUT2D eigenvalue weighted by Crippen LogP contribution is 2.60. The number of fused-ring (bicyclic) bond motifs is 5. The minimum absolute atomic E-state index is 0.297. The molecular weight excluding hydrogens is 747 g/mol. The van der Waals surface area contributed by atoms with E-state index in [1.165, 1.54) is 24.3 Å². The Morgan fingerprint density at radius 2 is 0.750 bits per heavy atom. The van der Waals surface area contributed by atoms with Crippen LogP contribution in [0.2, 0.25) is 0 Å². The molecule has 4 nitrogen and oxygen atoms in total. The Hall–Kier alpha value is -7.96. The monoisotopic (exact) mass is 780 g/mol. The lowest BCUT2D eigenvalue weighted by Crippen LogP contribution is -2.14. The lowest BCUT2D eigenvalue weighted by Gasteiger charge is -2.33. The average molecular weight is 781 g/mol. The fourth-order valence-electron chi connectivity index (χ4n) is 8.49. The fourth-order valence-corrected chi connectivity index (χ4v) is 8.49. The van der Waals surface area contributed by atoms with Gasteiger partial charge < -0.3 is 19.3 Å². The van der Waals surface area contributed by atoms with Crippen molar-refractivity contribution in [2.75, 3.05) is 9.80 Å². The maximum Gasteiger partial charge on any atom is 0.195 e. The van der Waals surface area contributed by atoms with E-state index in [9.17, 15) is 8.78 Å². The molecule has 10 aromatic carbocycles. The summed E-state index contributed by atoms with van der Waals surface area (Å²) in [6.07, 6.45) is 0. The Labute approximate surface area is 345 Å². The zero-order valence-electron chi connectivity index (χ0n) is 32.1. The van der Waals surface area contributed by atoms with E-state index in [-0.39, 0.29) is 11.6 Å². The number of ether oxygens (including phenoxy) is 2. The second kappa shape index (κ2) is 14.5. The van der Waals surface area contributed by atoms with Crippen LogP contribution in [0.1, 0.15) is 0 Å². The summed E-state index contributed by atoms with van der Waals surface area (Å²) < 4.78 is 42.9. The SMILES string of the molecule is Fc1ccc(N(c2ccc(-c3c4c(c(N(c5ccc(F)cc5)c5cccc6ccccc56)c5ccccc35)Oc3ccccc3O4)cc2)c2cccc3ccccc23)cc1. The van der Waals surface area contributed by atoms with Gasteiger partial charge >= 0.3 is 0 Å². The summed E-state index contributed by atoms with van der Waals surface area (Å²) >= 11 is 0. The topological polar surface area (TPSA) is 24.9 Å². The summed E-state index contributed by atoms with van der Waals surface area (Å²) in [7, 11) is 0. The molecule has 60 heavy (non-hydrogen) atoms. The maximum atomic E-state index is 14.6. The fraction of sp³-hybridized carbons (Fsp3) is 0. The second-order valence-electron chi connectivity index (χ2n) is 14.7. The van der Waals surface area contributed by atoms with Crippen molar-refractivity contribution in [2.45, 2.75) is 0 Å². The van der Waals surface area contributed by atoms with Gasteiger partial charge in [-0.1, -0.05) is 121 Å². The van der Waals surface area contributed by atoms with Crippen LogP contribution in [0.5, 0.6) is 23.0 Å². The molecule has 286 valence electrons. The molecule has 0 fully saturated rings. The quantitative estimate of drug-likeness (QED) is 0.161. The number of rotatable bonds is 7. The largest absolute Gasteiger partial charge is 0.449 e. The summed E-state index contributed by atoms with van der Waals surface area (Å²) in [6.45, 7) is 0. The van der Waals surface area contributed by atoms with Gasteiger partial charge in [-0.3, -0.25) is 0 Å². The van der Waals surface area contributed by atoms with E-state index in [0.29, 0.717) is 23.0 Å². The summed E-state index contributed by atoms with van der Waals surface area (Å²) in [5.74, 6) is 1.66. The van der Waals surface area contributed by atoms with Crippen molar-refractivity contribution in [3.8, 4) is 34.1 Å². The van der Waals surface area contributed by atoms with Crippen LogP contribution in [-0.4, -0.2) is 0 Å². The Morgan fingerprint density at radius 3 is 1.32 bits per heavy atom. The van der Waals surface area contributed by atoms with Crippen molar-refractivity contribution in [2.24, 2.45) is 0 Å². The molecular formula is C54H34F2N2O2. The van der Waals surface area contributed by atoms with Crippen LogP contribution < -0.4 is 19.3 Å². The minimum Gasteiger partial charge on any atom is -0.449 e. The molecule has 0 atom stereocenters. The third kappa shape index (κ3) is 5.96. The van der Waals surface area contributed by atoms with E-state index in [1.807, 2.05) is 72.8 Å². The first kappa shape index (κ1) is 35.2. The van der Waals surface area contributed by atoms with Gasteiger partial charge in [0.15, 0.2) is 23.0 Å². The molecule has 0 saturated carbocycles. The molecule has 0 N–H and O–H groups in total. The van der Waals surface area contributed by atoms with Gasteiger partial charge in [-0.2, -0.15) is 0 Å². The standard InChI is InChI=1S/C54H34F2N2O2/c55-38-25-31-41(32-26-38)57(47-19-9-13-35-11-1-3-15-43(35)47)40-29-23-37(24-30-40)51-45-17-5-6-18-46(45)52(54-53(51)59-49-21-7-8-22-50(49)60-54)58(42-33-27-39(56)28-34-42)48-20-10-14-36-12-2-4-16-44(36)48/h1-34H. The Bertz CT molecular complexity index is 3230. The molecule has 0 amide bonds. The van der Waals surface area contributed by atoms with Gasteiger partial charge in [-0.15, -0.1) is 0 Å². The van der Waals surface area contributed by atoms with E-state index >= 15 is 0 Å². The normalized spacial score (nSPS) is 11.8. The third-order valence-electron chi connectivity index (χ3n) is 11.2. The molecule has 0 bridgehead atoms. The van der Waals surface area contributed by atoms with Gasteiger partial charge in [0.05, 0.1) is 11.4 Å². The first-order valence-corrected chi connectivity index (χ1v) is 19.8. The van der Waals surface area contributed by atoms with Crippen molar-refractivity contribution in [1.82, 2.24) is 0 Å². The Morgan fingerprint density at radius 1 is 0.333 bits per heavy atom. The second-order valence-corrected chi connectivity index (χ2v) is 14.7. The number of para-hydroxylation sites is 2. The van der Waals surface area contributed by atoms with Crippen molar-refractivity contribution in [1.29, 1.82) is 0 Å². The summed E-state index contributed by atoms with van der Waals surface area (Å²) in [5, 5.41) is 6.13. The van der Waals surface area contributed by atoms with Crippen LogP contribution in [0.15, 0.2) is 206 Å². The summed E-state index contributed by atoms with van der Waals surface area (Å²) in [5.41, 5.74) is 6.90. The first-order valence-electron chi connectivity index (χ1n) is 19.8. The molecule has 0 unspecified atom stereocenters. The first-order chi connectivity index (χ1) is 29.6. The van der Waals surface area contributed by atoms with Crippen molar-refractivity contribution >= 4 is 66.4 Å². The van der Waals surface area contributed by atoms with Crippen molar-refractivity contribution < 1.29 is 18.3 Å². The predicted octanol–water partition coefficient (Wildman–Crippen LogP) is 15.9. The Balaban J connectivity index is 1.15. The molecule has 6 heteroatoms. The molecule has 1 aliphatic rings. The third-order valence-corrected chi connectivity index (χ3v) is 11.2. The predicted molar refractivity (Wildman–Crippen MR) is 240 cm³/mol. The molecule has 1 heterocycles. The number of hydrogen-bond donors (Lipinski definition) is 0. The van der Waals surface area contributed by atoms with Crippen LogP contribution in [0.3, 0.4) is 0 Å². The molecule has 0 aromatic heterocycles. The number of nitrogens with zero attached hydrogens (tertiary/aromatic N) is 2. The van der Waals surface area contributed by atoms with Crippen molar-refractivity contribution in [3.05, 3.63) is 218 Å². The lowest BCUT2D eigenvalue weighted by atomic mass is 9.93. The van der Waals surface area contributed by atoms with E-state index in [0.717, 1.165) is 77.6 Å². The molecule has 0 spiro atoms. The molecule has 0 radical (unpaired) electrons. The summed E-state index contributed by atoms with van der Waals surface area (Å²) in [4.78, 5) is 4.31. The van der Waals surface area contributed by atoms with Crippen LogP contribution in [0.4, 0.5) is 42.9 Å². The van der Waals surface area contributed by atoms with Crippen LogP contribution in [0.25, 0.3) is 43.4 Å². The highest BCUT2D eigenvalue weighted by molar-refractivity contribution is 6.14. The average Bonchev–Trinajstić information content (AvgIpc) is 3.30. The summed E-state index contributed by atoms with van der Waals surface area (Å²) in [6, 6.07) is 66.5. The van der Waals surface area contributed by atoms with Gasteiger partial charge in [0, 0.05) is 38.8 Å². The molecule has 1 aliphatic heterocycles. The van der Waals surface area contributed by atoms with Gasteiger partial charge in [-0.05, 0) is 107 Å². The van der Waals surface area contributed by atoms with Crippen LogP contribution >= 0.6 is 0 Å². The number of hydrogen-bond acceptors (Lipinski definition) is 4. The van der Waals surface area contributed by atoms with E-state index in [2.05, 4.69) is 94.7 Å². The molecule has 10 aromatic rings. The number of halogens is 2. The number of benzene rings is 10. The lowest BCUT2D eigenvalue weighted by molar-refractivity contribution is 0.362. The highest BCUT2D eigenvalue weighted by atomic mass is 19.1. The maximum absolute atomic E-state index is 14.6. The zero-order chi connectivity index (χ0) is 40.2. The van der Waals surface area contributed by atoms with Crippen LogP contribution in [0, 0.1) is 11.6 Å². The smallest absolute Gasteiger partial charge is 0.195 e. The van der Waals surface area contributed by atoms with Gasteiger partial charge in [0.25, 0.3) is 0 Å². The molecule has 0 aliphatic carbocycles. The zero-order valence-corrected chi connectivity index (χ0v) is 32.1. The molecule has 11 rings (SSSR count). The van der Waals surface area contributed by atoms with Crippen LogP contribution in [-0.2, 0) is 0 Å². The minimum atomic E-state index is -0.325. The highest BCUT2D eigenvalue weighted by Gasteiger charge is 2.33. The van der Waals surface area contributed by atoms with Crippen molar-refractivity contribution in [3.63, 3.8) is 0 Å². The Kier molecular flexibility index (Phi) is 8.48.